The van der Waals surface area contributed by atoms with E-state index in [-0.39, 0.29) is 0 Å². The number of carbonyl (C=O) groups is 3. The summed E-state index contributed by atoms with van der Waals surface area (Å²) in [5.74, 6) is -4.00. The number of carboxylic acids is 3. The van der Waals surface area contributed by atoms with Crippen LogP contribution in [0.15, 0.2) is 0 Å². The lowest BCUT2D eigenvalue weighted by molar-refractivity contribution is -0.145. The van der Waals surface area contributed by atoms with Gasteiger partial charge in [-0.05, 0) is 6.92 Å². The second kappa shape index (κ2) is 7.02. The van der Waals surface area contributed by atoms with E-state index in [1.807, 2.05) is 0 Å². The van der Waals surface area contributed by atoms with Gasteiger partial charge in [-0.3, -0.25) is 19.7 Å². The van der Waals surface area contributed by atoms with E-state index >= 15 is 0 Å². The van der Waals surface area contributed by atoms with Crippen molar-refractivity contribution in [2.45, 2.75) is 37.5 Å². The summed E-state index contributed by atoms with van der Waals surface area (Å²) in [6.07, 6.45) is -2.66. The first kappa shape index (κ1) is 17.3. The standard InChI is InChI=1S/C10H18N2O7/c1-5(13)9(11)10(2-6(14)15,3-7(16)17)12-4-8(18)19/h5,9,12-13H,2-4,11H2,1H3,(H,14,15)(H,16,17)(H,18,19). The summed E-state index contributed by atoms with van der Waals surface area (Å²) in [6, 6.07) is -1.25. The molecule has 7 N–H and O–H groups in total. The van der Waals surface area contributed by atoms with Gasteiger partial charge in [-0.2, -0.15) is 0 Å². The summed E-state index contributed by atoms with van der Waals surface area (Å²) in [5, 5.41) is 38.1. The zero-order chi connectivity index (χ0) is 15.2. The fourth-order valence-corrected chi connectivity index (χ4v) is 1.79. The van der Waals surface area contributed by atoms with Gasteiger partial charge >= 0.3 is 17.9 Å². The van der Waals surface area contributed by atoms with Crippen LogP contribution >= 0.6 is 0 Å². The number of rotatable bonds is 9. The van der Waals surface area contributed by atoms with Gasteiger partial charge in [-0.15, -0.1) is 0 Å². The SMILES string of the molecule is CC(O)C(N)C(CC(=O)O)(CC(=O)O)NCC(=O)O. The van der Waals surface area contributed by atoms with Crippen molar-refractivity contribution in [3.8, 4) is 0 Å². The molecule has 0 aromatic carbocycles. The van der Waals surface area contributed by atoms with Crippen LogP contribution in [0.2, 0.25) is 0 Å². The topological polar surface area (TPSA) is 170 Å². The first-order valence-corrected chi connectivity index (χ1v) is 5.45. The van der Waals surface area contributed by atoms with E-state index in [1.165, 1.54) is 6.92 Å². The maximum atomic E-state index is 10.9. The van der Waals surface area contributed by atoms with Crippen LogP contribution in [0.3, 0.4) is 0 Å². The molecular weight excluding hydrogens is 260 g/mol. The summed E-state index contributed by atoms with van der Waals surface area (Å²) in [4.78, 5) is 32.3. The monoisotopic (exact) mass is 278 g/mol. The van der Waals surface area contributed by atoms with Crippen LogP contribution in [0.25, 0.3) is 0 Å². The third-order valence-electron chi connectivity index (χ3n) is 2.68. The van der Waals surface area contributed by atoms with Gasteiger partial charge in [0, 0.05) is 6.04 Å². The zero-order valence-electron chi connectivity index (χ0n) is 10.4. The molecule has 0 aromatic heterocycles. The highest BCUT2D eigenvalue weighted by molar-refractivity contribution is 5.74. The molecule has 9 heteroatoms. The Balaban J connectivity index is 5.34. The summed E-state index contributed by atoms with van der Waals surface area (Å²) in [7, 11) is 0. The van der Waals surface area contributed by atoms with E-state index in [0.717, 1.165) is 0 Å². The Morgan fingerprint density at radius 2 is 1.53 bits per heavy atom. The second-order valence-electron chi connectivity index (χ2n) is 4.31. The Bertz CT molecular complexity index is 340. The first-order chi connectivity index (χ1) is 8.60. The van der Waals surface area contributed by atoms with Gasteiger partial charge in [0.25, 0.3) is 0 Å². The van der Waals surface area contributed by atoms with Crippen LogP contribution in [0.5, 0.6) is 0 Å². The Hall–Kier alpha value is -1.71. The van der Waals surface area contributed by atoms with E-state index in [1.54, 1.807) is 0 Å². The Morgan fingerprint density at radius 3 is 1.79 bits per heavy atom. The molecule has 0 saturated heterocycles. The van der Waals surface area contributed by atoms with Gasteiger partial charge in [0.05, 0.1) is 31.0 Å². The molecule has 0 rings (SSSR count). The first-order valence-electron chi connectivity index (χ1n) is 5.45. The van der Waals surface area contributed by atoms with Crippen molar-refractivity contribution in [1.29, 1.82) is 0 Å². The number of nitrogens with one attached hydrogen (secondary N) is 1. The molecule has 110 valence electrons. The van der Waals surface area contributed by atoms with Gasteiger partial charge in [0.2, 0.25) is 0 Å². The Kier molecular flexibility index (Phi) is 6.39. The highest BCUT2D eigenvalue weighted by atomic mass is 16.4. The molecule has 0 aliphatic heterocycles. The van der Waals surface area contributed by atoms with Crippen LogP contribution in [0.1, 0.15) is 19.8 Å². The van der Waals surface area contributed by atoms with Gasteiger partial charge in [-0.25, -0.2) is 0 Å². The second-order valence-corrected chi connectivity index (χ2v) is 4.31. The molecule has 0 aliphatic rings. The number of hydrogen-bond acceptors (Lipinski definition) is 6. The average Bonchev–Trinajstić information content (AvgIpc) is 2.23. The summed E-state index contributed by atoms with van der Waals surface area (Å²) < 4.78 is 0. The maximum Gasteiger partial charge on any atom is 0.317 e. The van der Waals surface area contributed by atoms with E-state index in [0.29, 0.717) is 0 Å². The van der Waals surface area contributed by atoms with E-state index in [2.05, 4.69) is 5.32 Å². The zero-order valence-corrected chi connectivity index (χ0v) is 10.4. The molecule has 2 unspecified atom stereocenters. The van der Waals surface area contributed by atoms with Crippen LogP contribution < -0.4 is 11.1 Å². The molecule has 0 bridgehead atoms. The van der Waals surface area contributed by atoms with Crippen molar-refractivity contribution < 1.29 is 34.8 Å². The van der Waals surface area contributed by atoms with Gasteiger partial charge in [-0.1, -0.05) is 0 Å². The Morgan fingerprint density at radius 1 is 1.11 bits per heavy atom. The predicted octanol–water partition coefficient (Wildman–Crippen LogP) is -1.94. The van der Waals surface area contributed by atoms with Crippen LogP contribution in [-0.4, -0.2) is 62.6 Å². The lowest BCUT2D eigenvalue weighted by atomic mass is 9.81. The van der Waals surface area contributed by atoms with Crippen LogP contribution in [0, 0.1) is 0 Å². The molecule has 0 spiro atoms. The summed E-state index contributed by atoms with van der Waals surface area (Å²) in [5.41, 5.74) is 3.90. The number of aliphatic hydroxyl groups is 1. The number of aliphatic hydroxyl groups excluding tert-OH is 1. The largest absolute Gasteiger partial charge is 0.481 e. The van der Waals surface area contributed by atoms with Crippen molar-refractivity contribution >= 4 is 17.9 Å². The smallest absolute Gasteiger partial charge is 0.317 e. The molecule has 0 radical (unpaired) electrons. The molecule has 2 atom stereocenters. The summed E-state index contributed by atoms with van der Waals surface area (Å²) >= 11 is 0. The quantitative estimate of drug-likeness (QED) is 0.280. The molecule has 9 nitrogen and oxygen atoms in total. The molecular formula is C10H18N2O7. The molecule has 0 saturated carbocycles. The highest BCUT2D eigenvalue weighted by Crippen LogP contribution is 2.22. The third-order valence-corrected chi connectivity index (χ3v) is 2.68. The van der Waals surface area contributed by atoms with Crippen LogP contribution in [0.4, 0.5) is 0 Å². The van der Waals surface area contributed by atoms with Gasteiger partial charge in [0.1, 0.15) is 0 Å². The fourth-order valence-electron chi connectivity index (χ4n) is 1.79. The van der Waals surface area contributed by atoms with Crippen molar-refractivity contribution in [2.75, 3.05) is 6.54 Å². The molecule has 0 aliphatic carbocycles. The van der Waals surface area contributed by atoms with E-state index in [4.69, 9.17) is 21.1 Å². The fraction of sp³-hybridized carbons (Fsp3) is 0.700. The van der Waals surface area contributed by atoms with Gasteiger partial charge < -0.3 is 26.2 Å². The molecule has 0 fully saturated rings. The minimum atomic E-state index is -1.75. The van der Waals surface area contributed by atoms with E-state index in [9.17, 15) is 19.5 Å². The minimum Gasteiger partial charge on any atom is -0.481 e. The van der Waals surface area contributed by atoms with E-state index < -0.39 is 55.0 Å². The Labute approximate surface area is 109 Å². The number of nitrogens with two attached hydrogens (primary N) is 1. The lowest BCUT2D eigenvalue weighted by Crippen LogP contribution is -2.64. The molecule has 0 amide bonds. The molecule has 0 aromatic rings. The highest BCUT2D eigenvalue weighted by Gasteiger charge is 2.43. The van der Waals surface area contributed by atoms with Crippen LogP contribution in [-0.2, 0) is 14.4 Å². The molecule has 0 heterocycles. The predicted molar refractivity (Wildman–Crippen MR) is 62.5 cm³/mol. The van der Waals surface area contributed by atoms with Crippen molar-refractivity contribution in [3.63, 3.8) is 0 Å². The molecule has 19 heavy (non-hydrogen) atoms. The number of carboxylic acid groups (broad SMARTS) is 3. The number of aliphatic carboxylic acids is 3. The minimum absolute atomic E-state index is 0.666. The lowest BCUT2D eigenvalue weighted by Gasteiger charge is -2.38. The normalized spacial score (nSPS) is 14.7. The van der Waals surface area contributed by atoms with Crippen molar-refractivity contribution in [3.05, 3.63) is 0 Å². The maximum absolute atomic E-state index is 10.9. The summed E-state index contributed by atoms with van der Waals surface area (Å²) in [6.45, 7) is 0.604. The average molecular weight is 278 g/mol. The van der Waals surface area contributed by atoms with Crippen molar-refractivity contribution in [1.82, 2.24) is 5.32 Å². The number of hydrogen-bond donors (Lipinski definition) is 6. The third kappa shape index (κ3) is 5.64. The van der Waals surface area contributed by atoms with Gasteiger partial charge in [0.15, 0.2) is 0 Å². The van der Waals surface area contributed by atoms with Crippen molar-refractivity contribution in [2.24, 2.45) is 5.73 Å².